The molecule has 2 unspecified atom stereocenters. The van der Waals surface area contributed by atoms with Crippen molar-refractivity contribution in [3.63, 3.8) is 0 Å². The molecule has 19 heavy (non-hydrogen) atoms. The second-order valence-electron chi connectivity index (χ2n) is 7.28. The van der Waals surface area contributed by atoms with E-state index in [1.54, 1.807) is 0 Å². The molecule has 1 aliphatic heterocycles. The molecule has 1 heterocycles. The molecule has 2 rings (SSSR count). The molecule has 0 bridgehead atoms. The molecular weight excluding hydrogens is 238 g/mol. The van der Waals surface area contributed by atoms with Crippen molar-refractivity contribution in [3.8, 4) is 0 Å². The van der Waals surface area contributed by atoms with E-state index < -0.39 is 0 Å². The maximum absolute atomic E-state index is 11.9. The molecule has 1 saturated carbocycles. The standard InChI is InChI=1S/C15H29N3O/c1-15(2,3)11-6-7-18(10-11)13(9-16)8-14(19)17-12-4-5-12/h11-13H,4-10,16H2,1-3H3,(H,17,19). The highest BCUT2D eigenvalue weighted by Crippen LogP contribution is 2.34. The Morgan fingerprint density at radius 2 is 2.05 bits per heavy atom. The second kappa shape index (κ2) is 5.80. The first-order valence-corrected chi connectivity index (χ1v) is 7.63. The fourth-order valence-corrected chi connectivity index (χ4v) is 2.92. The van der Waals surface area contributed by atoms with Crippen LogP contribution in [0, 0.1) is 11.3 Å². The lowest BCUT2D eigenvalue weighted by Gasteiger charge is -2.30. The van der Waals surface area contributed by atoms with Crippen molar-refractivity contribution in [1.29, 1.82) is 0 Å². The topological polar surface area (TPSA) is 58.4 Å². The number of amides is 1. The van der Waals surface area contributed by atoms with E-state index in [0.29, 0.717) is 30.3 Å². The van der Waals surface area contributed by atoms with Gasteiger partial charge in [-0.15, -0.1) is 0 Å². The number of likely N-dealkylation sites (tertiary alicyclic amines) is 1. The molecule has 4 nitrogen and oxygen atoms in total. The molecule has 0 radical (unpaired) electrons. The Morgan fingerprint density at radius 1 is 1.37 bits per heavy atom. The average molecular weight is 267 g/mol. The zero-order valence-corrected chi connectivity index (χ0v) is 12.6. The zero-order valence-electron chi connectivity index (χ0n) is 12.6. The summed E-state index contributed by atoms with van der Waals surface area (Å²) in [5, 5.41) is 3.06. The fourth-order valence-electron chi connectivity index (χ4n) is 2.92. The van der Waals surface area contributed by atoms with Gasteiger partial charge >= 0.3 is 0 Å². The minimum Gasteiger partial charge on any atom is -0.353 e. The number of hydrogen-bond acceptors (Lipinski definition) is 3. The van der Waals surface area contributed by atoms with E-state index in [-0.39, 0.29) is 11.9 Å². The van der Waals surface area contributed by atoms with Crippen molar-refractivity contribution in [3.05, 3.63) is 0 Å². The number of nitrogens with zero attached hydrogens (tertiary/aromatic N) is 1. The second-order valence-corrected chi connectivity index (χ2v) is 7.28. The van der Waals surface area contributed by atoms with Gasteiger partial charge in [0.25, 0.3) is 0 Å². The molecule has 1 aliphatic carbocycles. The highest BCUT2D eigenvalue weighted by atomic mass is 16.1. The van der Waals surface area contributed by atoms with Crippen LogP contribution in [0.3, 0.4) is 0 Å². The Bertz CT molecular complexity index is 320. The molecule has 0 aromatic carbocycles. The number of nitrogens with one attached hydrogen (secondary N) is 1. The van der Waals surface area contributed by atoms with Gasteiger partial charge in [-0.2, -0.15) is 0 Å². The van der Waals surface area contributed by atoms with Gasteiger partial charge in [0.1, 0.15) is 0 Å². The Hall–Kier alpha value is -0.610. The van der Waals surface area contributed by atoms with Gasteiger partial charge in [-0.1, -0.05) is 20.8 Å². The van der Waals surface area contributed by atoms with Crippen LogP contribution in [-0.2, 0) is 4.79 Å². The summed E-state index contributed by atoms with van der Waals surface area (Å²) in [5.74, 6) is 0.894. The van der Waals surface area contributed by atoms with Crippen molar-refractivity contribution in [2.24, 2.45) is 17.1 Å². The van der Waals surface area contributed by atoms with Crippen LogP contribution in [0.2, 0.25) is 0 Å². The van der Waals surface area contributed by atoms with Gasteiger partial charge in [0, 0.05) is 31.6 Å². The number of hydrogen-bond donors (Lipinski definition) is 2. The number of rotatable bonds is 5. The number of carbonyl (C=O) groups excluding carboxylic acids is 1. The molecule has 0 aromatic rings. The average Bonchev–Trinajstić information content (AvgIpc) is 2.97. The van der Waals surface area contributed by atoms with Crippen LogP contribution >= 0.6 is 0 Å². The summed E-state index contributed by atoms with van der Waals surface area (Å²) in [6.07, 6.45) is 4.08. The molecule has 2 aliphatic rings. The summed E-state index contributed by atoms with van der Waals surface area (Å²) in [4.78, 5) is 14.3. The van der Waals surface area contributed by atoms with Crippen LogP contribution in [0.4, 0.5) is 0 Å². The monoisotopic (exact) mass is 267 g/mol. The van der Waals surface area contributed by atoms with Gasteiger partial charge in [-0.25, -0.2) is 0 Å². The van der Waals surface area contributed by atoms with E-state index >= 15 is 0 Å². The Kier molecular flexibility index (Phi) is 4.51. The maximum Gasteiger partial charge on any atom is 0.221 e. The smallest absolute Gasteiger partial charge is 0.221 e. The van der Waals surface area contributed by atoms with Crippen LogP contribution in [0.1, 0.15) is 46.5 Å². The predicted octanol–water partition coefficient (Wildman–Crippen LogP) is 1.35. The highest BCUT2D eigenvalue weighted by Gasteiger charge is 2.35. The minimum atomic E-state index is 0.178. The summed E-state index contributed by atoms with van der Waals surface area (Å²) < 4.78 is 0. The van der Waals surface area contributed by atoms with Crippen molar-refractivity contribution >= 4 is 5.91 Å². The number of nitrogens with two attached hydrogens (primary N) is 1. The Balaban J connectivity index is 1.82. The van der Waals surface area contributed by atoms with Gasteiger partial charge in [-0.3, -0.25) is 9.69 Å². The quantitative estimate of drug-likeness (QED) is 0.790. The third kappa shape index (κ3) is 4.18. The third-order valence-corrected chi connectivity index (χ3v) is 4.60. The van der Waals surface area contributed by atoms with E-state index in [2.05, 4.69) is 31.0 Å². The molecule has 0 aromatic heterocycles. The SMILES string of the molecule is CC(C)(C)C1CCN(C(CN)CC(=O)NC2CC2)C1. The summed E-state index contributed by atoms with van der Waals surface area (Å²) in [7, 11) is 0. The van der Waals surface area contributed by atoms with Gasteiger partial charge < -0.3 is 11.1 Å². The van der Waals surface area contributed by atoms with Crippen LogP contribution < -0.4 is 11.1 Å². The Labute approximate surface area is 117 Å². The van der Waals surface area contributed by atoms with E-state index in [1.807, 2.05) is 0 Å². The Morgan fingerprint density at radius 3 is 2.53 bits per heavy atom. The van der Waals surface area contributed by atoms with Crippen molar-refractivity contribution in [1.82, 2.24) is 10.2 Å². The summed E-state index contributed by atoms with van der Waals surface area (Å²) in [6, 6.07) is 0.665. The molecule has 4 heteroatoms. The zero-order chi connectivity index (χ0) is 14.0. The molecule has 1 saturated heterocycles. The van der Waals surface area contributed by atoms with Crippen LogP contribution in [0.5, 0.6) is 0 Å². The van der Waals surface area contributed by atoms with Crippen molar-refractivity contribution in [2.45, 2.75) is 58.5 Å². The first-order chi connectivity index (χ1) is 8.90. The molecule has 110 valence electrons. The summed E-state index contributed by atoms with van der Waals surface area (Å²) in [5.41, 5.74) is 6.23. The lowest BCUT2D eigenvalue weighted by molar-refractivity contribution is -0.122. The maximum atomic E-state index is 11.9. The minimum absolute atomic E-state index is 0.178. The van der Waals surface area contributed by atoms with E-state index in [1.165, 1.54) is 6.42 Å². The van der Waals surface area contributed by atoms with Gasteiger partial charge in [-0.05, 0) is 37.1 Å². The van der Waals surface area contributed by atoms with Gasteiger partial charge in [0.05, 0.1) is 0 Å². The molecule has 3 N–H and O–H groups in total. The fraction of sp³-hybridized carbons (Fsp3) is 0.933. The van der Waals surface area contributed by atoms with E-state index in [4.69, 9.17) is 5.73 Å². The first-order valence-electron chi connectivity index (χ1n) is 7.63. The van der Waals surface area contributed by atoms with E-state index in [0.717, 1.165) is 25.9 Å². The lowest BCUT2D eigenvalue weighted by Crippen LogP contribution is -2.43. The van der Waals surface area contributed by atoms with Crippen LogP contribution in [-0.4, -0.2) is 42.5 Å². The summed E-state index contributed by atoms with van der Waals surface area (Å²) in [6.45, 7) is 9.66. The van der Waals surface area contributed by atoms with Crippen molar-refractivity contribution < 1.29 is 4.79 Å². The molecular formula is C15H29N3O. The predicted molar refractivity (Wildman–Crippen MR) is 77.8 cm³/mol. The molecule has 0 spiro atoms. The van der Waals surface area contributed by atoms with Crippen molar-refractivity contribution in [2.75, 3.05) is 19.6 Å². The number of carbonyl (C=O) groups is 1. The lowest BCUT2D eigenvalue weighted by atomic mass is 9.80. The van der Waals surface area contributed by atoms with Gasteiger partial charge in [0.15, 0.2) is 0 Å². The van der Waals surface area contributed by atoms with Crippen LogP contribution in [0.25, 0.3) is 0 Å². The molecule has 2 atom stereocenters. The van der Waals surface area contributed by atoms with Gasteiger partial charge in [0.2, 0.25) is 5.91 Å². The first kappa shape index (κ1) is 14.8. The molecule has 2 fully saturated rings. The van der Waals surface area contributed by atoms with E-state index in [9.17, 15) is 4.79 Å². The highest BCUT2D eigenvalue weighted by molar-refractivity contribution is 5.77. The molecule has 1 amide bonds. The van der Waals surface area contributed by atoms with Crippen LogP contribution in [0.15, 0.2) is 0 Å². The largest absolute Gasteiger partial charge is 0.353 e. The normalized spacial score (nSPS) is 26.4. The third-order valence-electron chi connectivity index (χ3n) is 4.60. The summed E-state index contributed by atoms with van der Waals surface area (Å²) >= 11 is 0.